The molecule has 1 aromatic carbocycles. The van der Waals surface area contributed by atoms with Gasteiger partial charge in [-0.05, 0) is 24.3 Å². The number of halogens is 2. The van der Waals surface area contributed by atoms with Crippen molar-refractivity contribution < 1.29 is 12.8 Å². The number of hydrogen-bond donors (Lipinski definition) is 0. The Balaban J connectivity index is 2.26. The molecule has 1 heterocycles. The summed E-state index contributed by atoms with van der Waals surface area (Å²) >= 11 is 6.58. The zero-order chi connectivity index (χ0) is 12.5. The standard InChI is InChI=1S/C10H6ClFNO2S2/c11-9-5-6-10(16-9)17(14,15)13-8-3-1-7(12)2-4-8/h1-6H/q-1. The monoisotopic (exact) mass is 290 g/mol. The van der Waals surface area contributed by atoms with Crippen molar-refractivity contribution in [2.24, 2.45) is 0 Å². The van der Waals surface area contributed by atoms with Crippen LogP contribution in [0.2, 0.25) is 4.34 Å². The molecule has 0 aliphatic heterocycles. The summed E-state index contributed by atoms with van der Waals surface area (Å²) in [4.78, 5) is 0. The molecule has 7 heteroatoms. The second-order valence-electron chi connectivity index (χ2n) is 3.10. The van der Waals surface area contributed by atoms with Crippen LogP contribution in [-0.4, -0.2) is 8.42 Å². The SMILES string of the molecule is O=S(=O)([N-]c1ccc(F)cc1)c1ccc(Cl)s1. The third-order valence-corrected chi connectivity index (χ3v) is 4.86. The van der Waals surface area contributed by atoms with Gasteiger partial charge in [-0.15, -0.1) is 17.0 Å². The van der Waals surface area contributed by atoms with E-state index in [2.05, 4.69) is 4.72 Å². The molecule has 0 saturated carbocycles. The smallest absolute Gasteiger partial charge is 0.132 e. The average molecular weight is 291 g/mol. The third kappa shape index (κ3) is 2.96. The van der Waals surface area contributed by atoms with Gasteiger partial charge in [-0.1, -0.05) is 23.7 Å². The molecule has 0 unspecified atom stereocenters. The first-order valence-corrected chi connectivity index (χ1v) is 7.10. The maximum Gasteiger partial charge on any atom is 0.132 e. The maximum atomic E-state index is 12.6. The van der Waals surface area contributed by atoms with Crippen LogP contribution in [-0.2, 0) is 10.0 Å². The van der Waals surface area contributed by atoms with Gasteiger partial charge in [0.2, 0.25) is 0 Å². The zero-order valence-corrected chi connectivity index (χ0v) is 10.7. The van der Waals surface area contributed by atoms with E-state index in [4.69, 9.17) is 11.6 Å². The van der Waals surface area contributed by atoms with Gasteiger partial charge in [0.15, 0.2) is 0 Å². The van der Waals surface area contributed by atoms with Crippen molar-refractivity contribution in [2.75, 3.05) is 0 Å². The molecular weight excluding hydrogens is 285 g/mol. The molecule has 0 aliphatic rings. The minimum absolute atomic E-state index is 0.0619. The maximum absolute atomic E-state index is 12.6. The topological polar surface area (TPSA) is 48.2 Å². The summed E-state index contributed by atoms with van der Waals surface area (Å²) in [6, 6.07) is 7.75. The average Bonchev–Trinajstić information content (AvgIpc) is 2.69. The first-order chi connectivity index (χ1) is 7.97. The van der Waals surface area contributed by atoms with Gasteiger partial charge in [-0.25, -0.2) is 12.8 Å². The molecule has 0 radical (unpaired) electrons. The molecule has 0 atom stereocenters. The lowest BCUT2D eigenvalue weighted by Crippen LogP contribution is -1.94. The number of sulfonamides is 1. The van der Waals surface area contributed by atoms with E-state index < -0.39 is 15.8 Å². The van der Waals surface area contributed by atoms with E-state index in [0.29, 0.717) is 4.34 Å². The second kappa shape index (κ2) is 4.64. The normalized spacial score (nSPS) is 11.4. The Morgan fingerprint density at radius 1 is 1.12 bits per heavy atom. The third-order valence-electron chi connectivity index (χ3n) is 1.85. The van der Waals surface area contributed by atoms with Crippen LogP contribution in [0.25, 0.3) is 4.72 Å². The van der Waals surface area contributed by atoms with Gasteiger partial charge in [-0.3, -0.25) is 0 Å². The molecule has 2 rings (SSSR count). The van der Waals surface area contributed by atoms with E-state index in [1.54, 1.807) is 0 Å². The van der Waals surface area contributed by atoms with Crippen LogP contribution in [0.1, 0.15) is 0 Å². The molecule has 3 nitrogen and oxygen atoms in total. The van der Waals surface area contributed by atoms with Crippen molar-refractivity contribution in [3.05, 3.63) is 51.3 Å². The molecule has 2 aromatic rings. The predicted octanol–water partition coefficient (Wildman–Crippen LogP) is 3.93. The Labute approximate surface area is 107 Å². The molecule has 1 aromatic heterocycles. The summed E-state index contributed by atoms with van der Waals surface area (Å²) in [5.74, 6) is -0.444. The summed E-state index contributed by atoms with van der Waals surface area (Å²) in [6.07, 6.45) is 0. The molecule has 0 spiro atoms. The fourth-order valence-electron chi connectivity index (χ4n) is 1.12. The summed E-state index contributed by atoms with van der Waals surface area (Å²) in [7, 11) is -3.77. The zero-order valence-electron chi connectivity index (χ0n) is 8.30. The van der Waals surface area contributed by atoms with E-state index in [0.717, 1.165) is 23.5 Å². The lowest BCUT2D eigenvalue weighted by atomic mass is 10.3. The second-order valence-corrected chi connectivity index (χ2v) is 6.65. The fraction of sp³-hybridized carbons (Fsp3) is 0. The molecule has 0 N–H and O–H groups in total. The van der Waals surface area contributed by atoms with Crippen molar-refractivity contribution in [2.45, 2.75) is 4.21 Å². The Bertz CT molecular complexity index is 622. The Morgan fingerprint density at radius 2 is 1.76 bits per heavy atom. The van der Waals surface area contributed by atoms with Crippen LogP contribution in [0.15, 0.2) is 40.6 Å². The molecule has 0 saturated heterocycles. The lowest BCUT2D eigenvalue weighted by Gasteiger charge is -2.20. The Hall–Kier alpha value is -1.11. The van der Waals surface area contributed by atoms with Gasteiger partial charge >= 0.3 is 0 Å². The van der Waals surface area contributed by atoms with Crippen LogP contribution in [0.4, 0.5) is 10.1 Å². The van der Waals surface area contributed by atoms with Crippen LogP contribution in [0, 0.1) is 5.82 Å². The van der Waals surface area contributed by atoms with Crippen molar-refractivity contribution >= 4 is 38.6 Å². The first kappa shape index (κ1) is 12.3. The number of rotatable bonds is 3. The number of thiophene rings is 1. The fourth-order valence-corrected chi connectivity index (χ4v) is 3.57. The summed E-state index contributed by atoms with van der Waals surface area (Å²) < 4.78 is 40.2. The van der Waals surface area contributed by atoms with Crippen molar-refractivity contribution in [1.29, 1.82) is 0 Å². The highest BCUT2D eigenvalue weighted by atomic mass is 35.5. The Kier molecular flexibility index (Phi) is 3.37. The molecular formula is C10H6ClFNO2S2-. The van der Waals surface area contributed by atoms with Gasteiger partial charge < -0.3 is 4.72 Å². The quantitative estimate of drug-likeness (QED) is 0.860. The minimum atomic E-state index is -3.77. The number of hydrogen-bond acceptors (Lipinski definition) is 3. The highest BCUT2D eigenvalue weighted by Crippen LogP contribution is 2.33. The van der Waals surface area contributed by atoms with Crippen molar-refractivity contribution in [3.8, 4) is 0 Å². The largest absolute Gasteiger partial charge is 0.572 e. The van der Waals surface area contributed by atoms with Crippen LogP contribution >= 0.6 is 22.9 Å². The van der Waals surface area contributed by atoms with Gasteiger partial charge in [0.05, 0.1) is 4.34 Å². The van der Waals surface area contributed by atoms with E-state index in [1.165, 1.54) is 24.3 Å². The van der Waals surface area contributed by atoms with Crippen LogP contribution in [0.3, 0.4) is 0 Å². The number of benzene rings is 1. The Morgan fingerprint density at radius 3 is 2.29 bits per heavy atom. The molecule has 0 fully saturated rings. The highest BCUT2D eigenvalue weighted by molar-refractivity contribution is 7.96. The van der Waals surface area contributed by atoms with Crippen molar-refractivity contribution in [1.82, 2.24) is 0 Å². The highest BCUT2D eigenvalue weighted by Gasteiger charge is 2.07. The van der Waals surface area contributed by atoms with E-state index in [1.807, 2.05) is 0 Å². The van der Waals surface area contributed by atoms with E-state index >= 15 is 0 Å². The lowest BCUT2D eigenvalue weighted by molar-refractivity contribution is 0.605. The van der Waals surface area contributed by atoms with Gasteiger partial charge in [0.25, 0.3) is 0 Å². The molecule has 90 valence electrons. The van der Waals surface area contributed by atoms with Crippen LogP contribution in [0.5, 0.6) is 0 Å². The first-order valence-electron chi connectivity index (χ1n) is 4.46. The summed E-state index contributed by atoms with van der Waals surface area (Å²) in [6.45, 7) is 0. The van der Waals surface area contributed by atoms with Crippen LogP contribution < -0.4 is 0 Å². The molecule has 0 amide bonds. The summed E-state index contributed by atoms with van der Waals surface area (Å²) in [5, 5.41) is 0. The van der Waals surface area contributed by atoms with Crippen molar-refractivity contribution in [3.63, 3.8) is 0 Å². The van der Waals surface area contributed by atoms with Gasteiger partial charge in [-0.2, -0.15) is 0 Å². The molecule has 17 heavy (non-hydrogen) atoms. The van der Waals surface area contributed by atoms with E-state index in [9.17, 15) is 12.8 Å². The number of nitrogens with zero attached hydrogens (tertiary/aromatic N) is 1. The summed E-state index contributed by atoms with van der Waals surface area (Å²) in [5.41, 5.74) is 0.177. The minimum Gasteiger partial charge on any atom is -0.572 e. The van der Waals surface area contributed by atoms with Gasteiger partial charge in [0.1, 0.15) is 20.0 Å². The molecule has 0 aliphatic carbocycles. The van der Waals surface area contributed by atoms with E-state index in [-0.39, 0.29) is 9.90 Å². The molecule has 0 bridgehead atoms. The van der Waals surface area contributed by atoms with Gasteiger partial charge in [0, 0.05) is 0 Å². The predicted molar refractivity (Wildman–Crippen MR) is 65.9 cm³/mol.